The Labute approximate surface area is 147 Å². The van der Waals surface area contributed by atoms with E-state index in [9.17, 15) is 14.7 Å². The number of likely N-dealkylation sites (tertiary alicyclic amines) is 1. The normalized spacial score (nSPS) is 19.8. The lowest BCUT2D eigenvalue weighted by atomic mass is 9.90. The highest BCUT2D eigenvalue weighted by molar-refractivity contribution is 5.79. The molecule has 1 aromatic rings. The number of benzene rings is 1. The molecule has 138 valence electrons. The SMILES string of the molecule is COCCOCc1ccc(CNC(=O)N2CCC(C)(C(=O)O)C2)cc1. The van der Waals surface area contributed by atoms with Crippen LogP contribution in [0.15, 0.2) is 24.3 Å². The first kappa shape index (κ1) is 19.2. The zero-order valence-corrected chi connectivity index (χ0v) is 14.8. The molecular formula is C18H26N2O5. The summed E-state index contributed by atoms with van der Waals surface area (Å²) in [5.74, 6) is -0.855. The van der Waals surface area contributed by atoms with Gasteiger partial charge in [0, 0.05) is 26.7 Å². The van der Waals surface area contributed by atoms with Crippen molar-refractivity contribution >= 4 is 12.0 Å². The minimum absolute atomic E-state index is 0.225. The molecule has 2 N–H and O–H groups in total. The van der Waals surface area contributed by atoms with Gasteiger partial charge in [-0.2, -0.15) is 0 Å². The van der Waals surface area contributed by atoms with Gasteiger partial charge in [0.1, 0.15) is 0 Å². The second-order valence-electron chi connectivity index (χ2n) is 6.56. The van der Waals surface area contributed by atoms with Crippen LogP contribution in [0.5, 0.6) is 0 Å². The van der Waals surface area contributed by atoms with E-state index < -0.39 is 11.4 Å². The summed E-state index contributed by atoms with van der Waals surface area (Å²) in [7, 11) is 1.64. The molecule has 0 radical (unpaired) electrons. The van der Waals surface area contributed by atoms with Gasteiger partial charge in [-0.15, -0.1) is 0 Å². The molecule has 0 bridgehead atoms. The summed E-state index contributed by atoms with van der Waals surface area (Å²) in [5.41, 5.74) is 1.19. The zero-order valence-electron chi connectivity index (χ0n) is 14.8. The molecule has 0 aliphatic carbocycles. The van der Waals surface area contributed by atoms with Gasteiger partial charge in [0.2, 0.25) is 0 Å². The molecule has 0 aromatic heterocycles. The molecule has 1 aliphatic heterocycles. The van der Waals surface area contributed by atoms with Crippen molar-refractivity contribution in [1.29, 1.82) is 0 Å². The Morgan fingerprint density at radius 1 is 1.24 bits per heavy atom. The second kappa shape index (κ2) is 8.82. The predicted molar refractivity (Wildman–Crippen MR) is 92.1 cm³/mol. The number of carboxylic acid groups (broad SMARTS) is 1. The minimum atomic E-state index is -0.855. The molecule has 1 fully saturated rings. The molecule has 1 aromatic carbocycles. The van der Waals surface area contributed by atoms with Crippen LogP contribution in [0.25, 0.3) is 0 Å². The number of hydrogen-bond acceptors (Lipinski definition) is 4. The highest BCUT2D eigenvalue weighted by atomic mass is 16.5. The van der Waals surface area contributed by atoms with Crippen molar-refractivity contribution in [1.82, 2.24) is 10.2 Å². The van der Waals surface area contributed by atoms with Gasteiger partial charge < -0.3 is 24.8 Å². The van der Waals surface area contributed by atoms with E-state index in [1.54, 1.807) is 18.9 Å². The van der Waals surface area contributed by atoms with Crippen LogP contribution in [0.1, 0.15) is 24.5 Å². The summed E-state index contributed by atoms with van der Waals surface area (Å²) < 4.78 is 10.4. The van der Waals surface area contributed by atoms with E-state index in [4.69, 9.17) is 9.47 Å². The molecule has 1 atom stereocenters. The number of rotatable bonds is 8. The van der Waals surface area contributed by atoms with Crippen LogP contribution in [0.2, 0.25) is 0 Å². The van der Waals surface area contributed by atoms with E-state index in [0.29, 0.717) is 39.3 Å². The Bertz CT molecular complexity index is 590. The Morgan fingerprint density at radius 3 is 2.52 bits per heavy atom. The van der Waals surface area contributed by atoms with Gasteiger partial charge in [0.25, 0.3) is 0 Å². The number of urea groups is 1. The molecule has 2 amide bonds. The Kier molecular flexibility index (Phi) is 6.78. The van der Waals surface area contributed by atoms with E-state index in [0.717, 1.165) is 11.1 Å². The van der Waals surface area contributed by atoms with Crippen molar-refractivity contribution in [2.75, 3.05) is 33.4 Å². The third kappa shape index (κ3) is 5.44. The maximum atomic E-state index is 12.2. The van der Waals surface area contributed by atoms with Crippen LogP contribution in [-0.4, -0.2) is 55.4 Å². The maximum absolute atomic E-state index is 12.2. The summed E-state index contributed by atoms with van der Waals surface area (Å²) >= 11 is 0. The number of carboxylic acids is 1. The van der Waals surface area contributed by atoms with Crippen LogP contribution in [0, 0.1) is 5.41 Å². The smallest absolute Gasteiger partial charge is 0.317 e. The summed E-state index contributed by atoms with van der Waals surface area (Å²) in [5, 5.41) is 12.1. The summed E-state index contributed by atoms with van der Waals surface area (Å²) in [6, 6.07) is 7.59. The van der Waals surface area contributed by atoms with E-state index >= 15 is 0 Å². The number of nitrogens with one attached hydrogen (secondary N) is 1. The predicted octanol–water partition coefficient (Wildman–Crippen LogP) is 1.86. The number of amides is 2. The molecule has 7 heteroatoms. The third-order valence-corrected chi connectivity index (χ3v) is 4.44. The molecule has 1 saturated heterocycles. The third-order valence-electron chi connectivity index (χ3n) is 4.44. The van der Waals surface area contributed by atoms with Crippen LogP contribution in [0.3, 0.4) is 0 Å². The Hall–Kier alpha value is -2.12. The van der Waals surface area contributed by atoms with Gasteiger partial charge in [-0.3, -0.25) is 4.79 Å². The average Bonchev–Trinajstić information content (AvgIpc) is 3.02. The van der Waals surface area contributed by atoms with Crippen molar-refractivity contribution in [3.05, 3.63) is 35.4 Å². The van der Waals surface area contributed by atoms with Gasteiger partial charge >= 0.3 is 12.0 Å². The highest BCUT2D eigenvalue weighted by Crippen LogP contribution is 2.29. The Morgan fingerprint density at radius 2 is 1.92 bits per heavy atom. The monoisotopic (exact) mass is 350 g/mol. The zero-order chi connectivity index (χ0) is 18.3. The summed E-state index contributed by atoms with van der Waals surface area (Å²) in [4.78, 5) is 25.0. The Balaban J connectivity index is 1.76. The standard InChI is InChI=1S/C18H26N2O5/c1-18(16(21)22)7-8-20(13-18)17(23)19-11-14-3-5-15(6-4-14)12-25-10-9-24-2/h3-6H,7-13H2,1-2H3,(H,19,23)(H,21,22). The first-order chi connectivity index (χ1) is 11.9. The van der Waals surface area contributed by atoms with Crippen molar-refractivity contribution < 1.29 is 24.2 Å². The molecular weight excluding hydrogens is 324 g/mol. The van der Waals surface area contributed by atoms with E-state index in [1.165, 1.54) is 0 Å². The minimum Gasteiger partial charge on any atom is -0.481 e. The van der Waals surface area contributed by atoms with Gasteiger partial charge in [-0.25, -0.2) is 4.79 Å². The lowest BCUT2D eigenvalue weighted by Gasteiger charge is -2.20. The lowest BCUT2D eigenvalue weighted by Crippen LogP contribution is -2.40. The van der Waals surface area contributed by atoms with Crippen LogP contribution >= 0.6 is 0 Å². The number of ether oxygens (including phenoxy) is 2. The van der Waals surface area contributed by atoms with E-state index in [-0.39, 0.29) is 12.6 Å². The maximum Gasteiger partial charge on any atom is 0.317 e. The number of carbonyl (C=O) groups excluding carboxylic acids is 1. The molecule has 7 nitrogen and oxygen atoms in total. The van der Waals surface area contributed by atoms with Crippen molar-refractivity contribution in [3.63, 3.8) is 0 Å². The molecule has 1 aliphatic rings. The fourth-order valence-electron chi connectivity index (χ4n) is 2.68. The molecule has 25 heavy (non-hydrogen) atoms. The van der Waals surface area contributed by atoms with Crippen molar-refractivity contribution in [3.8, 4) is 0 Å². The lowest BCUT2D eigenvalue weighted by molar-refractivity contribution is -0.147. The van der Waals surface area contributed by atoms with E-state index in [2.05, 4.69) is 5.32 Å². The quantitative estimate of drug-likeness (QED) is 0.699. The molecule has 2 rings (SSSR count). The summed E-state index contributed by atoms with van der Waals surface area (Å²) in [6.07, 6.45) is 0.480. The fraction of sp³-hybridized carbons (Fsp3) is 0.556. The number of nitrogens with zero attached hydrogens (tertiary/aromatic N) is 1. The molecule has 1 unspecified atom stereocenters. The average molecular weight is 350 g/mol. The van der Waals surface area contributed by atoms with Gasteiger partial charge in [-0.1, -0.05) is 24.3 Å². The number of hydrogen-bond donors (Lipinski definition) is 2. The number of methoxy groups -OCH3 is 1. The van der Waals surface area contributed by atoms with Crippen LogP contribution in [0.4, 0.5) is 4.79 Å². The number of aliphatic carboxylic acids is 1. The first-order valence-electron chi connectivity index (χ1n) is 8.35. The van der Waals surface area contributed by atoms with Crippen molar-refractivity contribution in [2.24, 2.45) is 5.41 Å². The largest absolute Gasteiger partial charge is 0.481 e. The fourth-order valence-corrected chi connectivity index (χ4v) is 2.68. The van der Waals surface area contributed by atoms with Gasteiger partial charge in [0.05, 0.1) is 25.2 Å². The van der Waals surface area contributed by atoms with Crippen molar-refractivity contribution in [2.45, 2.75) is 26.5 Å². The molecule has 1 heterocycles. The first-order valence-corrected chi connectivity index (χ1v) is 8.35. The summed E-state index contributed by atoms with van der Waals surface area (Å²) in [6.45, 7) is 4.44. The van der Waals surface area contributed by atoms with E-state index in [1.807, 2.05) is 24.3 Å². The van der Waals surface area contributed by atoms with Gasteiger partial charge in [0.15, 0.2) is 0 Å². The van der Waals surface area contributed by atoms with Crippen LogP contribution < -0.4 is 5.32 Å². The highest BCUT2D eigenvalue weighted by Gasteiger charge is 2.42. The van der Waals surface area contributed by atoms with Crippen LogP contribution in [-0.2, 0) is 27.4 Å². The second-order valence-corrected chi connectivity index (χ2v) is 6.56. The number of carbonyl (C=O) groups is 2. The van der Waals surface area contributed by atoms with Gasteiger partial charge in [-0.05, 0) is 24.5 Å². The molecule has 0 saturated carbocycles. The molecule has 0 spiro atoms. The topological polar surface area (TPSA) is 88.1 Å².